The van der Waals surface area contributed by atoms with Crippen molar-refractivity contribution in [1.29, 1.82) is 0 Å². The van der Waals surface area contributed by atoms with Crippen LogP contribution in [0.3, 0.4) is 0 Å². The first-order valence-corrected chi connectivity index (χ1v) is 8.89. The molecule has 0 aliphatic rings. The van der Waals surface area contributed by atoms with Crippen LogP contribution in [0.5, 0.6) is 0 Å². The first-order chi connectivity index (χ1) is 10.8. The number of aromatic nitrogens is 1. The summed E-state index contributed by atoms with van der Waals surface area (Å²) in [5, 5.41) is 19.0. The summed E-state index contributed by atoms with van der Waals surface area (Å²) in [7, 11) is -3.74. The average molecular weight is 357 g/mol. The summed E-state index contributed by atoms with van der Waals surface area (Å²) in [6.07, 6.45) is -0.743. The van der Waals surface area contributed by atoms with Crippen LogP contribution < -0.4 is 10.5 Å². The lowest BCUT2D eigenvalue weighted by molar-refractivity contribution is 0.0291. The second kappa shape index (κ2) is 7.04. The molecule has 0 spiro atoms. The van der Waals surface area contributed by atoms with Crippen LogP contribution in [0.15, 0.2) is 34.5 Å². The number of carbonyl (C=O) groups excluding carboxylic acids is 1. The van der Waals surface area contributed by atoms with Crippen molar-refractivity contribution in [2.24, 2.45) is 5.14 Å². The molecule has 23 heavy (non-hydrogen) atoms. The van der Waals surface area contributed by atoms with E-state index in [9.17, 15) is 13.2 Å². The fourth-order valence-corrected chi connectivity index (χ4v) is 2.76. The molecule has 124 valence electrons. The molecule has 1 unspecified atom stereocenters. The number of thiazole rings is 1. The zero-order valence-corrected chi connectivity index (χ0v) is 13.7. The van der Waals surface area contributed by atoms with Crippen molar-refractivity contribution in [3.63, 3.8) is 0 Å². The van der Waals surface area contributed by atoms with E-state index in [2.05, 4.69) is 10.3 Å². The molecule has 4 N–H and O–H groups in total. The minimum absolute atomic E-state index is 0.00424. The molecular formula is C13H15N3O5S2. The van der Waals surface area contributed by atoms with E-state index >= 15 is 0 Å². The number of anilines is 2. The maximum absolute atomic E-state index is 11.7. The molecule has 0 fully saturated rings. The van der Waals surface area contributed by atoms with Crippen LogP contribution in [0.25, 0.3) is 0 Å². The van der Waals surface area contributed by atoms with Crippen molar-refractivity contribution in [2.75, 3.05) is 11.9 Å². The highest BCUT2D eigenvalue weighted by atomic mass is 32.2. The summed E-state index contributed by atoms with van der Waals surface area (Å²) in [6.45, 7) is 1.40. The van der Waals surface area contributed by atoms with Crippen LogP contribution in [0.2, 0.25) is 0 Å². The smallest absolute Gasteiger partial charge is 0.357 e. The number of nitrogens with one attached hydrogen (secondary N) is 1. The Balaban J connectivity index is 2.03. The zero-order chi connectivity index (χ0) is 17.0. The number of carbonyl (C=O) groups is 1. The minimum atomic E-state index is -3.74. The Morgan fingerprint density at radius 1 is 1.43 bits per heavy atom. The molecule has 0 amide bonds. The van der Waals surface area contributed by atoms with E-state index in [-0.39, 0.29) is 17.2 Å². The molecule has 2 rings (SSSR count). The van der Waals surface area contributed by atoms with E-state index in [1.165, 1.54) is 47.9 Å². The summed E-state index contributed by atoms with van der Waals surface area (Å²) >= 11 is 1.19. The van der Waals surface area contributed by atoms with Gasteiger partial charge in [-0.1, -0.05) is 0 Å². The van der Waals surface area contributed by atoms with Gasteiger partial charge in [0.15, 0.2) is 10.8 Å². The summed E-state index contributed by atoms with van der Waals surface area (Å²) in [6, 6.07) is 5.80. The molecule has 2 aromatic rings. The number of hydrogen-bond donors (Lipinski definition) is 3. The molecule has 0 aliphatic carbocycles. The van der Waals surface area contributed by atoms with Gasteiger partial charge < -0.3 is 15.2 Å². The number of esters is 1. The zero-order valence-electron chi connectivity index (χ0n) is 12.1. The molecule has 1 heterocycles. The number of sulfonamides is 1. The Morgan fingerprint density at radius 3 is 2.65 bits per heavy atom. The highest BCUT2D eigenvalue weighted by Gasteiger charge is 2.13. The topological polar surface area (TPSA) is 132 Å². The van der Waals surface area contributed by atoms with Gasteiger partial charge >= 0.3 is 5.97 Å². The molecule has 0 saturated heterocycles. The van der Waals surface area contributed by atoms with Crippen LogP contribution in [0, 0.1) is 0 Å². The van der Waals surface area contributed by atoms with Crippen molar-refractivity contribution in [3.8, 4) is 0 Å². The number of ether oxygens (including phenoxy) is 1. The molecule has 0 radical (unpaired) electrons. The van der Waals surface area contributed by atoms with Gasteiger partial charge in [0.05, 0.1) is 11.0 Å². The quantitative estimate of drug-likeness (QED) is 0.659. The summed E-state index contributed by atoms with van der Waals surface area (Å²) < 4.78 is 27.2. The summed E-state index contributed by atoms with van der Waals surface area (Å²) in [5.41, 5.74) is 0.718. The molecule has 10 heteroatoms. The highest BCUT2D eigenvalue weighted by molar-refractivity contribution is 7.89. The number of aliphatic hydroxyl groups excluding tert-OH is 1. The van der Waals surface area contributed by atoms with Crippen molar-refractivity contribution < 1.29 is 23.1 Å². The van der Waals surface area contributed by atoms with Crippen LogP contribution >= 0.6 is 11.3 Å². The highest BCUT2D eigenvalue weighted by Crippen LogP contribution is 2.22. The van der Waals surface area contributed by atoms with Crippen LogP contribution in [-0.4, -0.2) is 37.2 Å². The first kappa shape index (κ1) is 17.3. The van der Waals surface area contributed by atoms with Crippen molar-refractivity contribution in [2.45, 2.75) is 17.9 Å². The van der Waals surface area contributed by atoms with Gasteiger partial charge in [0.1, 0.15) is 6.61 Å². The Kier molecular flexibility index (Phi) is 5.31. The van der Waals surface area contributed by atoms with Gasteiger partial charge in [-0.15, -0.1) is 11.3 Å². The van der Waals surface area contributed by atoms with Gasteiger partial charge in [-0.2, -0.15) is 0 Å². The third-order valence-corrected chi connectivity index (χ3v) is 4.29. The van der Waals surface area contributed by atoms with E-state index in [0.717, 1.165) is 0 Å². The van der Waals surface area contributed by atoms with Gasteiger partial charge in [-0.05, 0) is 31.2 Å². The summed E-state index contributed by atoms with van der Waals surface area (Å²) in [4.78, 5) is 15.7. The largest absolute Gasteiger partial charge is 0.458 e. The van der Waals surface area contributed by atoms with Crippen LogP contribution in [0.1, 0.15) is 17.4 Å². The van der Waals surface area contributed by atoms with Gasteiger partial charge in [-0.3, -0.25) is 0 Å². The number of benzene rings is 1. The van der Waals surface area contributed by atoms with Crippen LogP contribution in [0.4, 0.5) is 10.8 Å². The van der Waals surface area contributed by atoms with Gasteiger partial charge in [0.25, 0.3) is 0 Å². The van der Waals surface area contributed by atoms with E-state index in [0.29, 0.717) is 10.8 Å². The predicted octanol–water partition coefficient (Wildman–Crippen LogP) is 1.07. The third kappa shape index (κ3) is 4.99. The molecule has 1 aromatic heterocycles. The number of nitrogens with zero attached hydrogens (tertiary/aromatic N) is 1. The fourth-order valence-electron chi connectivity index (χ4n) is 1.55. The normalized spacial score (nSPS) is 12.7. The average Bonchev–Trinajstić information content (AvgIpc) is 2.93. The monoisotopic (exact) mass is 357 g/mol. The Labute approximate surface area is 137 Å². The number of aliphatic hydroxyl groups is 1. The summed E-state index contributed by atoms with van der Waals surface area (Å²) in [5.74, 6) is -0.625. The van der Waals surface area contributed by atoms with E-state index < -0.39 is 22.1 Å². The number of primary sulfonamides is 1. The lowest BCUT2D eigenvalue weighted by Gasteiger charge is -2.05. The molecule has 1 aromatic carbocycles. The molecule has 0 bridgehead atoms. The number of nitrogens with two attached hydrogens (primary N) is 1. The Hall–Kier alpha value is -2.01. The van der Waals surface area contributed by atoms with E-state index in [4.69, 9.17) is 15.0 Å². The van der Waals surface area contributed by atoms with Crippen molar-refractivity contribution in [3.05, 3.63) is 35.3 Å². The molecule has 8 nitrogen and oxygen atoms in total. The maximum Gasteiger partial charge on any atom is 0.357 e. The van der Waals surface area contributed by atoms with Gasteiger partial charge in [0.2, 0.25) is 10.0 Å². The predicted molar refractivity (Wildman–Crippen MR) is 85.2 cm³/mol. The minimum Gasteiger partial charge on any atom is -0.458 e. The lowest BCUT2D eigenvalue weighted by Crippen LogP contribution is -2.15. The third-order valence-electron chi connectivity index (χ3n) is 2.60. The second-order valence-electron chi connectivity index (χ2n) is 4.68. The molecule has 1 atom stereocenters. The van der Waals surface area contributed by atoms with Crippen molar-refractivity contribution in [1.82, 2.24) is 4.98 Å². The Morgan fingerprint density at radius 2 is 2.09 bits per heavy atom. The number of hydrogen-bond acceptors (Lipinski definition) is 8. The second-order valence-corrected chi connectivity index (χ2v) is 7.10. The molecule has 0 aliphatic heterocycles. The van der Waals surface area contributed by atoms with Gasteiger partial charge in [-0.25, -0.2) is 23.3 Å². The van der Waals surface area contributed by atoms with Crippen LogP contribution in [-0.2, 0) is 14.8 Å². The van der Waals surface area contributed by atoms with Crippen molar-refractivity contribution >= 4 is 38.1 Å². The number of rotatable bonds is 6. The first-order valence-electron chi connectivity index (χ1n) is 6.46. The fraction of sp³-hybridized carbons (Fsp3) is 0.231. The Bertz CT molecular complexity index is 784. The SMILES string of the molecule is CC(O)COC(=O)c1csc(Nc2ccc(S(N)(=O)=O)cc2)n1. The standard InChI is InChI=1S/C13H15N3O5S2/c1-8(17)6-21-12(18)11-7-22-13(16-11)15-9-2-4-10(5-3-9)23(14,19)20/h2-5,7-8,17H,6H2,1H3,(H,15,16)(H2,14,19,20). The van der Waals surface area contributed by atoms with E-state index in [1.54, 1.807) is 0 Å². The maximum atomic E-state index is 11.7. The molecular weight excluding hydrogens is 342 g/mol. The lowest BCUT2D eigenvalue weighted by atomic mass is 10.3. The molecule has 0 saturated carbocycles. The van der Waals surface area contributed by atoms with Gasteiger partial charge in [0, 0.05) is 11.1 Å². The van der Waals surface area contributed by atoms with E-state index in [1.807, 2.05) is 0 Å².